The van der Waals surface area contributed by atoms with Crippen molar-refractivity contribution in [2.75, 3.05) is 37.4 Å². The number of likely N-dealkylation sites (N-methyl/N-ethyl adjacent to an activating group) is 1. The minimum Gasteiger partial charge on any atom is -0.488 e. The van der Waals surface area contributed by atoms with Crippen LogP contribution in [0.5, 0.6) is 5.75 Å². The number of carbonyl (C=O) groups is 3. The number of carbonyl (C=O) groups excluding carboxylic acids is 3. The summed E-state index contributed by atoms with van der Waals surface area (Å²) < 4.78 is 45.2. The van der Waals surface area contributed by atoms with Crippen LogP contribution < -0.4 is 20.7 Å². The maximum atomic E-state index is 13.5. The molecule has 0 radical (unpaired) electrons. The van der Waals surface area contributed by atoms with Gasteiger partial charge in [0.1, 0.15) is 11.9 Å². The number of amides is 5. The summed E-state index contributed by atoms with van der Waals surface area (Å²) in [5.74, 6) is -0.0751. The Kier molecular flexibility index (Phi) is 11.2. The van der Waals surface area contributed by atoms with Gasteiger partial charge in [0.05, 0.1) is 31.2 Å². The van der Waals surface area contributed by atoms with E-state index in [1.165, 1.54) is 23.5 Å². The van der Waals surface area contributed by atoms with Gasteiger partial charge in [0.25, 0.3) is 0 Å². The van der Waals surface area contributed by atoms with E-state index in [1.807, 2.05) is 6.92 Å². The molecule has 1 aliphatic carbocycles. The normalized spacial score (nSPS) is 20.1. The SMILES string of the molecule is C[C@@H]1CN([C@H](C)CO)C(=O)Cc2cc(NC(=O)NC3CCCCC3)ccc2O[C@@H]1CN(C)C(=O)Nc1ccc(C(F)(F)F)cc1. The fourth-order valence-corrected chi connectivity index (χ4v) is 5.64. The molecule has 1 heterocycles. The van der Waals surface area contributed by atoms with Crippen LogP contribution in [0.1, 0.15) is 57.1 Å². The second-order valence-corrected chi connectivity index (χ2v) is 12.0. The lowest BCUT2D eigenvalue weighted by Gasteiger charge is -2.34. The highest BCUT2D eigenvalue weighted by Crippen LogP contribution is 2.31. The number of halogens is 3. The van der Waals surface area contributed by atoms with E-state index in [4.69, 9.17) is 4.74 Å². The lowest BCUT2D eigenvalue weighted by Crippen LogP contribution is -2.48. The van der Waals surface area contributed by atoms with Crippen molar-refractivity contribution in [1.29, 1.82) is 0 Å². The first-order valence-electron chi connectivity index (χ1n) is 15.3. The van der Waals surface area contributed by atoms with Gasteiger partial charge in [-0.1, -0.05) is 26.2 Å². The summed E-state index contributed by atoms with van der Waals surface area (Å²) in [6.07, 6.45) is 0.104. The Hall–Kier alpha value is -4.00. The van der Waals surface area contributed by atoms with Gasteiger partial charge >= 0.3 is 18.2 Å². The lowest BCUT2D eigenvalue weighted by atomic mass is 9.96. The molecule has 0 unspecified atom stereocenters. The molecule has 1 aliphatic heterocycles. The molecule has 3 atom stereocenters. The Balaban J connectivity index is 1.51. The quantitative estimate of drug-likeness (QED) is 0.322. The van der Waals surface area contributed by atoms with E-state index in [0.29, 0.717) is 17.0 Å². The number of aliphatic hydroxyl groups is 1. The number of rotatable bonds is 7. The highest BCUT2D eigenvalue weighted by molar-refractivity contribution is 5.90. The van der Waals surface area contributed by atoms with Crippen LogP contribution in [-0.2, 0) is 17.4 Å². The highest BCUT2D eigenvalue weighted by atomic mass is 19.4. The van der Waals surface area contributed by atoms with Gasteiger partial charge in [0.15, 0.2) is 0 Å². The number of ether oxygens (including phenoxy) is 1. The molecular formula is C32H42F3N5O5. The molecule has 45 heavy (non-hydrogen) atoms. The van der Waals surface area contributed by atoms with Gasteiger partial charge in [0.2, 0.25) is 5.91 Å². The Morgan fingerprint density at radius 1 is 1.07 bits per heavy atom. The van der Waals surface area contributed by atoms with E-state index in [2.05, 4.69) is 16.0 Å². The third-order valence-electron chi connectivity index (χ3n) is 8.38. The number of hydrogen-bond acceptors (Lipinski definition) is 5. The molecule has 2 aromatic rings. The van der Waals surface area contributed by atoms with Crippen LogP contribution in [-0.4, -0.2) is 77.8 Å². The van der Waals surface area contributed by atoms with Crippen LogP contribution in [0, 0.1) is 5.92 Å². The number of benzene rings is 2. The first-order chi connectivity index (χ1) is 21.3. The number of hydrogen-bond donors (Lipinski definition) is 4. The summed E-state index contributed by atoms with van der Waals surface area (Å²) in [6.45, 7) is 3.73. The third-order valence-corrected chi connectivity index (χ3v) is 8.38. The van der Waals surface area contributed by atoms with Crippen LogP contribution in [0.3, 0.4) is 0 Å². The van der Waals surface area contributed by atoms with Crippen LogP contribution in [0.2, 0.25) is 0 Å². The predicted molar refractivity (Wildman–Crippen MR) is 164 cm³/mol. The van der Waals surface area contributed by atoms with E-state index in [-0.39, 0.29) is 55.7 Å². The van der Waals surface area contributed by atoms with Crippen LogP contribution in [0.25, 0.3) is 0 Å². The first-order valence-corrected chi connectivity index (χ1v) is 15.3. The molecule has 2 aliphatic rings. The van der Waals surface area contributed by atoms with Gasteiger partial charge in [-0.2, -0.15) is 13.2 Å². The number of nitrogens with zero attached hydrogens (tertiary/aromatic N) is 2. The molecule has 4 rings (SSSR count). The maximum absolute atomic E-state index is 13.5. The highest BCUT2D eigenvalue weighted by Gasteiger charge is 2.33. The fraction of sp³-hybridized carbons (Fsp3) is 0.531. The molecule has 0 aromatic heterocycles. The van der Waals surface area contributed by atoms with Crippen molar-refractivity contribution in [3.8, 4) is 5.75 Å². The largest absolute Gasteiger partial charge is 0.488 e. The third kappa shape index (κ3) is 9.25. The van der Waals surface area contributed by atoms with Crippen molar-refractivity contribution in [1.82, 2.24) is 15.1 Å². The van der Waals surface area contributed by atoms with Crippen LogP contribution in [0.4, 0.5) is 34.1 Å². The molecule has 0 saturated heterocycles. The molecule has 10 nitrogen and oxygen atoms in total. The first kappa shape index (κ1) is 33.9. The Morgan fingerprint density at radius 2 is 1.73 bits per heavy atom. The van der Waals surface area contributed by atoms with Crippen LogP contribution in [0.15, 0.2) is 42.5 Å². The zero-order valence-electron chi connectivity index (χ0n) is 25.8. The van der Waals surface area contributed by atoms with Gasteiger partial charge in [-0.25, -0.2) is 9.59 Å². The Labute approximate surface area is 261 Å². The van der Waals surface area contributed by atoms with Gasteiger partial charge in [-0.15, -0.1) is 0 Å². The van der Waals surface area contributed by atoms with Crippen molar-refractivity contribution in [3.05, 3.63) is 53.6 Å². The number of fused-ring (bicyclic) bond motifs is 1. The molecule has 13 heteroatoms. The summed E-state index contributed by atoms with van der Waals surface area (Å²) in [5, 5.41) is 18.4. The molecule has 0 bridgehead atoms. The molecule has 0 spiro atoms. The van der Waals surface area contributed by atoms with E-state index in [9.17, 15) is 32.7 Å². The van der Waals surface area contributed by atoms with Crippen molar-refractivity contribution in [3.63, 3.8) is 0 Å². The van der Waals surface area contributed by atoms with Crippen molar-refractivity contribution < 1.29 is 37.4 Å². The average Bonchev–Trinajstić information content (AvgIpc) is 3.04. The molecule has 1 fully saturated rings. The summed E-state index contributed by atoms with van der Waals surface area (Å²) in [6, 6.07) is 8.03. The molecule has 5 amide bonds. The van der Waals surface area contributed by atoms with Gasteiger partial charge in [0, 0.05) is 42.5 Å². The summed E-state index contributed by atoms with van der Waals surface area (Å²) in [7, 11) is 1.54. The zero-order valence-corrected chi connectivity index (χ0v) is 25.8. The fourth-order valence-electron chi connectivity index (χ4n) is 5.64. The summed E-state index contributed by atoms with van der Waals surface area (Å²) in [5.41, 5.74) is 0.424. The van der Waals surface area contributed by atoms with E-state index >= 15 is 0 Å². The number of aliphatic hydroxyl groups excluding tert-OH is 1. The number of urea groups is 2. The standard InChI is InChI=1S/C32H42F3N5O5/c1-20-17-40(21(2)19-41)29(42)16-22-15-26(37-30(43)36-24-7-5-4-6-8-24)13-14-27(22)45-28(20)18-39(3)31(44)38-25-11-9-23(10-12-25)32(33,34)35/h9-15,20-21,24,28,41H,4-8,16-19H2,1-3H3,(H,38,44)(H2,36,37,43)/t20-,21-,28-/m1/s1. The summed E-state index contributed by atoms with van der Waals surface area (Å²) in [4.78, 5) is 42.1. The number of nitrogens with one attached hydrogen (secondary N) is 3. The smallest absolute Gasteiger partial charge is 0.416 e. The minimum absolute atomic E-state index is 0.0247. The van der Waals surface area contributed by atoms with Crippen molar-refractivity contribution in [2.45, 2.75) is 76.7 Å². The van der Waals surface area contributed by atoms with Gasteiger partial charge in [-0.3, -0.25) is 4.79 Å². The molecule has 1 saturated carbocycles. The minimum atomic E-state index is -4.49. The Morgan fingerprint density at radius 3 is 2.38 bits per heavy atom. The van der Waals surface area contributed by atoms with Gasteiger partial charge < -0.3 is 35.6 Å². The van der Waals surface area contributed by atoms with E-state index in [0.717, 1.165) is 37.8 Å². The van der Waals surface area contributed by atoms with Crippen LogP contribution >= 0.6 is 0 Å². The second-order valence-electron chi connectivity index (χ2n) is 12.0. The van der Waals surface area contributed by atoms with Crippen molar-refractivity contribution >= 4 is 29.3 Å². The number of anilines is 2. The molecule has 2 aromatic carbocycles. The van der Waals surface area contributed by atoms with Crippen molar-refractivity contribution in [2.24, 2.45) is 5.92 Å². The molecular weight excluding hydrogens is 591 g/mol. The maximum Gasteiger partial charge on any atom is 0.416 e. The second kappa shape index (κ2) is 14.9. The predicted octanol–water partition coefficient (Wildman–Crippen LogP) is 5.47. The topological polar surface area (TPSA) is 123 Å². The van der Waals surface area contributed by atoms with Gasteiger partial charge in [-0.05, 0) is 62.2 Å². The van der Waals surface area contributed by atoms with E-state index < -0.39 is 29.9 Å². The lowest BCUT2D eigenvalue weighted by molar-refractivity contribution is -0.137. The Bertz CT molecular complexity index is 1330. The molecule has 246 valence electrons. The number of alkyl halides is 3. The average molecular weight is 634 g/mol. The van der Waals surface area contributed by atoms with E-state index in [1.54, 1.807) is 37.1 Å². The summed E-state index contributed by atoms with van der Waals surface area (Å²) >= 11 is 0. The zero-order chi connectivity index (χ0) is 32.7. The monoisotopic (exact) mass is 633 g/mol. The molecule has 4 N–H and O–H groups in total.